The van der Waals surface area contributed by atoms with Crippen molar-refractivity contribution in [3.8, 4) is 6.07 Å². The van der Waals surface area contributed by atoms with E-state index in [-0.39, 0.29) is 6.61 Å². The van der Waals surface area contributed by atoms with E-state index in [1.54, 1.807) is 0 Å². The van der Waals surface area contributed by atoms with E-state index < -0.39 is 6.09 Å². The number of nitrogens with one attached hydrogen (secondary N) is 1. The van der Waals surface area contributed by atoms with Crippen molar-refractivity contribution in [3.05, 3.63) is 12.7 Å². The van der Waals surface area contributed by atoms with Gasteiger partial charge in [-0.2, -0.15) is 5.26 Å². The standard InChI is InChI=1S/C9H14N2O2/c1-2-8-13-9(12)11-7-5-3-4-6-10/h2H,1,3-5,7-8H2,(H,11,12). The lowest BCUT2D eigenvalue weighted by molar-refractivity contribution is 0.158. The van der Waals surface area contributed by atoms with Gasteiger partial charge in [-0.15, -0.1) is 0 Å². The average Bonchev–Trinajstić information content (AvgIpc) is 2.14. The minimum Gasteiger partial charge on any atom is -0.445 e. The summed E-state index contributed by atoms with van der Waals surface area (Å²) in [5, 5.41) is 10.8. The Morgan fingerprint density at radius 2 is 2.38 bits per heavy atom. The molecule has 0 spiro atoms. The van der Waals surface area contributed by atoms with Crippen LogP contribution < -0.4 is 5.32 Å². The van der Waals surface area contributed by atoms with Gasteiger partial charge in [0.05, 0.1) is 6.07 Å². The average molecular weight is 182 g/mol. The molecule has 0 aliphatic carbocycles. The summed E-state index contributed by atoms with van der Waals surface area (Å²) >= 11 is 0. The lowest BCUT2D eigenvalue weighted by Crippen LogP contribution is -2.25. The molecule has 0 saturated carbocycles. The highest BCUT2D eigenvalue weighted by atomic mass is 16.5. The van der Waals surface area contributed by atoms with Gasteiger partial charge in [0.2, 0.25) is 0 Å². The van der Waals surface area contributed by atoms with E-state index in [0.29, 0.717) is 13.0 Å². The van der Waals surface area contributed by atoms with E-state index in [9.17, 15) is 4.79 Å². The number of ether oxygens (including phenoxy) is 1. The van der Waals surface area contributed by atoms with Gasteiger partial charge < -0.3 is 10.1 Å². The van der Waals surface area contributed by atoms with Gasteiger partial charge in [0, 0.05) is 13.0 Å². The number of hydrogen-bond acceptors (Lipinski definition) is 3. The van der Waals surface area contributed by atoms with Crippen LogP contribution in [0.3, 0.4) is 0 Å². The van der Waals surface area contributed by atoms with Crippen LogP contribution in [-0.2, 0) is 4.74 Å². The molecule has 4 nitrogen and oxygen atoms in total. The molecule has 0 fully saturated rings. The molecule has 72 valence electrons. The molecule has 0 atom stereocenters. The second-order valence-electron chi connectivity index (χ2n) is 2.43. The predicted octanol–water partition coefficient (Wildman–Crippen LogP) is 1.59. The Morgan fingerprint density at radius 3 is 3.00 bits per heavy atom. The first-order valence-electron chi connectivity index (χ1n) is 4.19. The summed E-state index contributed by atoms with van der Waals surface area (Å²) in [4.78, 5) is 10.8. The van der Waals surface area contributed by atoms with Gasteiger partial charge in [-0.3, -0.25) is 0 Å². The SMILES string of the molecule is C=CCOC(=O)NCCCCC#N. The highest BCUT2D eigenvalue weighted by Gasteiger charge is 1.97. The lowest BCUT2D eigenvalue weighted by Gasteiger charge is -2.03. The Balaban J connectivity index is 3.17. The van der Waals surface area contributed by atoms with Crippen LogP contribution in [0.15, 0.2) is 12.7 Å². The first kappa shape index (κ1) is 11.5. The summed E-state index contributed by atoms with van der Waals surface area (Å²) in [7, 11) is 0. The third-order valence-corrected chi connectivity index (χ3v) is 1.32. The number of alkyl carbamates (subject to hydrolysis) is 1. The van der Waals surface area contributed by atoms with Crippen LogP contribution >= 0.6 is 0 Å². The maximum atomic E-state index is 10.8. The van der Waals surface area contributed by atoms with Gasteiger partial charge in [-0.05, 0) is 12.8 Å². The summed E-state index contributed by atoms with van der Waals surface area (Å²) in [6.07, 6.45) is 3.21. The van der Waals surface area contributed by atoms with Gasteiger partial charge in [-0.1, -0.05) is 12.7 Å². The minimum atomic E-state index is -0.433. The molecule has 0 aliphatic heterocycles. The normalized spacial score (nSPS) is 8.54. The van der Waals surface area contributed by atoms with Crippen LogP contribution in [0.5, 0.6) is 0 Å². The van der Waals surface area contributed by atoms with Crippen molar-refractivity contribution < 1.29 is 9.53 Å². The van der Waals surface area contributed by atoms with Crippen LogP contribution in [0, 0.1) is 11.3 Å². The Hall–Kier alpha value is -1.50. The van der Waals surface area contributed by atoms with E-state index in [1.807, 2.05) is 6.07 Å². The Morgan fingerprint density at radius 1 is 1.62 bits per heavy atom. The predicted molar refractivity (Wildman–Crippen MR) is 49.0 cm³/mol. The van der Waals surface area contributed by atoms with Crippen molar-refractivity contribution in [1.29, 1.82) is 5.26 Å². The van der Waals surface area contributed by atoms with Crippen molar-refractivity contribution in [2.45, 2.75) is 19.3 Å². The molecular formula is C9H14N2O2. The minimum absolute atomic E-state index is 0.226. The molecule has 0 aromatic carbocycles. The zero-order valence-electron chi connectivity index (χ0n) is 7.58. The topological polar surface area (TPSA) is 62.1 Å². The number of nitriles is 1. The quantitative estimate of drug-likeness (QED) is 0.501. The third kappa shape index (κ3) is 8.41. The largest absolute Gasteiger partial charge is 0.445 e. The van der Waals surface area contributed by atoms with E-state index in [4.69, 9.17) is 5.26 Å². The van der Waals surface area contributed by atoms with Crippen molar-refractivity contribution >= 4 is 6.09 Å². The fourth-order valence-corrected chi connectivity index (χ4v) is 0.705. The van der Waals surface area contributed by atoms with Crippen molar-refractivity contribution in [2.75, 3.05) is 13.2 Å². The van der Waals surface area contributed by atoms with Crippen LogP contribution in [0.2, 0.25) is 0 Å². The summed E-state index contributed by atoms with van der Waals surface area (Å²) in [5.41, 5.74) is 0. The first-order chi connectivity index (χ1) is 6.31. The van der Waals surface area contributed by atoms with Gasteiger partial charge in [-0.25, -0.2) is 4.79 Å². The summed E-state index contributed by atoms with van der Waals surface area (Å²) in [5.74, 6) is 0. The van der Waals surface area contributed by atoms with Gasteiger partial charge in [0.15, 0.2) is 0 Å². The molecule has 0 saturated heterocycles. The second-order valence-corrected chi connectivity index (χ2v) is 2.43. The third-order valence-electron chi connectivity index (χ3n) is 1.32. The first-order valence-corrected chi connectivity index (χ1v) is 4.19. The van der Waals surface area contributed by atoms with E-state index >= 15 is 0 Å². The molecule has 1 N–H and O–H groups in total. The highest BCUT2D eigenvalue weighted by molar-refractivity contribution is 5.67. The lowest BCUT2D eigenvalue weighted by atomic mass is 10.2. The fourth-order valence-electron chi connectivity index (χ4n) is 0.705. The van der Waals surface area contributed by atoms with Gasteiger partial charge in [0.25, 0.3) is 0 Å². The Kier molecular flexibility index (Phi) is 7.60. The Labute approximate surface area is 78.2 Å². The smallest absolute Gasteiger partial charge is 0.407 e. The maximum absolute atomic E-state index is 10.8. The van der Waals surface area contributed by atoms with Crippen LogP contribution in [-0.4, -0.2) is 19.2 Å². The molecule has 13 heavy (non-hydrogen) atoms. The van der Waals surface area contributed by atoms with Crippen molar-refractivity contribution in [3.63, 3.8) is 0 Å². The molecule has 1 amide bonds. The van der Waals surface area contributed by atoms with Crippen LogP contribution in [0.4, 0.5) is 4.79 Å². The zero-order valence-corrected chi connectivity index (χ0v) is 7.58. The molecule has 0 radical (unpaired) electrons. The number of amides is 1. The fraction of sp³-hybridized carbons (Fsp3) is 0.556. The maximum Gasteiger partial charge on any atom is 0.407 e. The number of carbonyl (C=O) groups is 1. The number of rotatable bonds is 6. The molecule has 0 heterocycles. The van der Waals surface area contributed by atoms with Crippen LogP contribution in [0.25, 0.3) is 0 Å². The summed E-state index contributed by atoms with van der Waals surface area (Å²) < 4.78 is 4.66. The van der Waals surface area contributed by atoms with Crippen molar-refractivity contribution in [1.82, 2.24) is 5.32 Å². The van der Waals surface area contributed by atoms with Gasteiger partial charge >= 0.3 is 6.09 Å². The number of carbonyl (C=O) groups excluding carboxylic acids is 1. The highest BCUT2D eigenvalue weighted by Crippen LogP contribution is 1.91. The Bertz CT molecular complexity index is 196. The molecule has 0 aromatic rings. The molecular weight excluding hydrogens is 168 g/mol. The molecule has 0 rings (SSSR count). The monoisotopic (exact) mass is 182 g/mol. The molecule has 0 aliphatic rings. The summed E-state index contributed by atoms with van der Waals surface area (Å²) in [6, 6.07) is 2.03. The van der Waals surface area contributed by atoms with E-state index in [2.05, 4.69) is 16.6 Å². The number of nitrogens with zero attached hydrogens (tertiary/aromatic N) is 1. The van der Waals surface area contributed by atoms with Crippen molar-refractivity contribution in [2.24, 2.45) is 0 Å². The zero-order chi connectivity index (χ0) is 9.94. The molecule has 4 heteroatoms. The second kappa shape index (κ2) is 8.60. The van der Waals surface area contributed by atoms with E-state index in [0.717, 1.165) is 12.8 Å². The summed E-state index contributed by atoms with van der Waals surface area (Å²) in [6.45, 7) is 4.19. The number of hydrogen-bond donors (Lipinski definition) is 1. The van der Waals surface area contributed by atoms with E-state index in [1.165, 1.54) is 6.08 Å². The molecule has 0 bridgehead atoms. The van der Waals surface area contributed by atoms with Crippen LogP contribution in [0.1, 0.15) is 19.3 Å². The molecule has 0 aromatic heterocycles. The number of unbranched alkanes of at least 4 members (excludes halogenated alkanes) is 2. The van der Waals surface area contributed by atoms with Gasteiger partial charge in [0.1, 0.15) is 6.61 Å². The molecule has 0 unspecified atom stereocenters.